The Labute approximate surface area is 184 Å². The summed E-state index contributed by atoms with van der Waals surface area (Å²) in [6, 6.07) is 13.9. The van der Waals surface area contributed by atoms with E-state index in [4.69, 9.17) is 4.74 Å². The maximum atomic E-state index is 12.6. The summed E-state index contributed by atoms with van der Waals surface area (Å²) in [4.78, 5) is 15.9. The molecule has 4 aromatic rings. The van der Waals surface area contributed by atoms with Crippen LogP contribution >= 0.6 is 11.8 Å². The van der Waals surface area contributed by atoms with Gasteiger partial charge in [-0.2, -0.15) is 4.68 Å². The van der Waals surface area contributed by atoms with Crippen molar-refractivity contribution in [1.29, 1.82) is 0 Å². The number of H-pyrrole nitrogens is 1. The van der Waals surface area contributed by atoms with Gasteiger partial charge in [0.05, 0.1) is 18.0 Å². The van der Waals surface area contributed by atoms with Crippen LogP contribution in [0.2, 0.25) is 0 Å². The second-order valence-corrected chi connectivity index (χ2v) is 8.54. The molecule has 2 aromatic carbocycles. The number of carbonyl (C=O) groups is 1. The highest BCUT2D eigenvalue weighted by Gasteiger charge is 2.19. The van der Waals surface area contributed by atoms with Crippen LogP contribution < -0.4 is 10.1 Å². The van der Waals surface area contributed by atoms with Gasteiger partial charge in [-0.05, 0) is 60.5 Å². The second kappa shape index (κ2) is 9.22. The van der Waals surface area contributed by atoms with Crippen LogP contribution in [0, 0.1) is 6.92 Å². The van der Waals surface area contributed by atoms with Crippen molar-refractivity contribution in [3.8, 4) is 11.4 Å². The number of ether oxygens (including phenoxy) is 1. The molecule has 2 aromatic heterocycles. The molecule has 4 rings (SSSR count). The molecule has 31 heavy (non-hydrogen) atoms. The molecule has 0 aliphatic carbocycles. The number of tetrazole rings is 1. The zero-order valence-electron chi connectivity index (χ0n) is 17.6. The zero-order valence-corrected chi connectivity index (χ0v) is 18.4. The smallest absolute Gasteiger partial charge is 0.233 e. The Hall–Kier alpha value is -3.33. The van der Waals surface area contributed by atoms with Crippen molar-refractivity contribution < 1.29 is 9.53 Å². The quantitative estimate of drug-likeness (QED) is 0.411. The third-order valence-electron chi connectivity index (χ3n) is 5.04. The topological polar surface area (TPSA) is 97.7 Å². The number of aryl methyl sites for hydroxylation is 1. The Morgan fingerprint density at radius 1 is 1.26 bits per heavy atom. The zero-order chi connectivity index (χ0) is 21.8. The molecule has 0 fully saturated rings. The molecule has 1 unspecified atom stereocenters. The normalized spacial score (nSPS) is 12.1. The molecule has 0 saturated carbocycles. The van der Waals surface area contributed by atoms with E-state index in [9.17, 15) is 4.79 Å². The molecule has 0 spiro atoms. The average Bonchev–Trinajstić information content (AvgIpc) is 3.40. The lowest BCUT2D eigenvalue weighted by atomic mass is 10.1. The van der Waals surface area contributed by atoms with E-state index in [1.165, 1.54) is 11.8 Å². The van der Waals surface area contributed by atoms with Gasteiger partial charge in [-0.15, -0.1) is 5.10 Å². The van der Waals surface area contributed by atoms with Crippen LogP contribution in [-0.2, 0) is 11.2 Å². The highest BCUT2D eigenvalue weighted by molar-refractivity contribution is 8.00. The Morgan fingerprint density at radius 3 is 2.84 bits per heavy atom. The maximum absolute atomic E-state index is 12.6. The Morgan fingerprint density at radius 2 is 2.06 bits per heavy atom. The number of benzene rings is 2. The van der Waals surface area contributed by atoms with Crippen LogP contribution in [0.25, 0.3) is 16.6 Å². The molecule has 2 N–H and O–H groups in total. The largest absolute Gasteiger partial charge is 0.497 e. The van der Waals surface area contributed by atoms with Crippen molar-refractivity contribution >= 4 is 28.6 Å². The molecule has 0 bridgehead atoms. The molecule has 8 nitrogen and oxygen atoms in total. The van der Waals surface area contributed by atoms with E-state index in [0.717, 1.165) is 39.9 Å². The number of aromatic nitrogens is 5. The number of amides is 1. The predicted molar refractivity (Wildman–Crippen MR) is 121 cm³/mol. The van der Waals surface area contributed by atoms with Gasteiger partial charge < -0.3 is 15.0 Å². The number of carbonyl (C=O) groups excluding carboxylic acids is 1. The van der Waals surface area contributed by atoms with Gasteiger partial charge in [0, 0.05) is 29.7 Å². The lowest BCUT2D eigenvalue weighted by molar-refractivity contribution is -0.120. The van der Waals surface area contributed by atoms with Crippen molar-refractivity contribution in [1.82, 2.24) is 30.5 Å². The fourth-order valence-corrected chi connectivity index (χ4v) is 4.11. The molecule has 1 amide bonds. The number of rotatable bonds is 8. The number of nitrogens with zero attached hydrogens (tertiary/aromatic N) is 4. The summed E-state index contributed by atoms with van der Waals surface area (Å²) in [6.07, 6.45) is 2.71. The van der Waals surface area contributed by atoms with E-state index in [0.29, 0.717) is 11.7 Å². The molecular weight excluding hydrogens is 412 g/mol. The molecule has 0 saturated heterocycles. The summed E-state index contributed by atoms with van der Waals surface area (Å²) >= 11 is 1.33. The summed E-state index contributed by atoms with van der Waals surface area (Å²) in [5, 5.41) is 16.3. The molecule has 0 aliphatic rings. The van der Waals surface area contributed by atoms with E-state index in [1.54, 1.807) is 11.8 Å². The summed E-state index contributed by atoms with van der Waals surface area (Å²) in [5.41, 5.74) is 4.20. The fraction of sp³-hybridized carbons (Fsp3) is 0.273. The van der Waals surface area contributed by atoms with Gasteiger partial charge in [-0.3, -0.25) is 4.79 Å². The molecular formula is C22H24N6O2S. The van der Waals surface area contributed by atoms with Crippen molar-refractivity contribution in [2.24, 2.45) is 0 Å². The van der Waals surface area contributed by atoms with Gasteiger partial charge in [0.2, 0.25) is 11.1 Å². The first kappa shape index (κ1) is 20.9. The summed E-state index contributed by atoms with van der Waals surface area (Å²) in [7, 11) is 1.65. The molecule has 160 valence electrons. The van der Waals surface area contributed by atoms with E-state index < -0.39 is 0 Å². The number of hydrogen-bond donors (Lipinski definition) is 2. The third kappa shape index (κ3) is 4.72. The standard InChI is InChI=1S/C22H24N6O2S/c1-14-4-6-17(7-5-14)28-22(25-26-27-28)31-15(2)21(29)23-11-10-16-13-24-20-12-18(30-3)8-9-19(16)20/h4-9,12-13,15,24H,10-11H2,1-3H3,(H,23,29). The van der Waals surface area contributed by atoms with Gasteiger partial charge in [0.15, 0.2) is 0 Å². The minimum absolute atomic E-state index is 0.0510. The van der Waals surface area contributed by atoms with Gasteiger partial charge in [0.25, 0.3) is 0 Å². The Kier molecular flexibility index (Phi) is 6.22. The average molecular weight is 437 g/mol. The van der Waals surface area contributed by atoms with Crippen LogP contribution in [0.1, 0.15) is 18.1 Å². The number of aromatic amines is 1. The van der Waals surface area contributed by atoms with E-state index >= 15 is 0 Å². The van der Waals surface area contributed by atoms with Gasteiger partial charge in [0.1, 0.15) is 5.75 Å². The maximum Gasteiger partial charge on any atom is 0.233 e. The second-order valence-electron chi connectivity index (χ2n) is 7.24. The van der Waals surface area contributed by atoms with Gasteiger partial charge in [-0.1, -0.05) is 29.5 Å². The van der Waals surface area contributed by atoms with Crippen LogP contribution in [0.15, 0.2) is 53.8 Å². The first-order valence-corrected chi connectivity index (χ1v) is 10.9. The summed E-state index contributed by atoms with van der Waals surface area (Å²) in [6.45, 7) is 4.43. The number of methoxy groups -OCH3 is 1. The summed E-state index contributed by atoms with van der Waals surface area (Å²) < 4.78 is 6.91. The predicted octanol–water partition coefficient (Wildman–Crippen LogP) is 3.30. The minimum atomic E-state index is -0.331. The number of fused-ring (bicyclic) bond motifs is 1. The van der Waals surface area contributed by atoms with Crippen LogP contribution in [-0.4, -0.2) is 50.0 Å². The number of hydrogen-bond acceptors (Lipinski definition) is 6. The first-order valence-electron chi connectivity index (χ1n) is 9.99. The van der Waals surface area contributed by atoms with E-state index in [2.05, 4.69) is 25.8 Å². The van der Waals surface area contributed by atoms with Crippen molar-refractivity contribution in [2.45, 2.75) is 30.7 Å². The van der Waals surface area contributed by atoms with Crippen molar-refractivity contribution in [3.63, 3.8) is 0 Å². The fourth-order valence-electron chi connectivity index (χ4n) is 3.28. The monoisotopic (exact) mass is 436 g/mol. The first-order chi connectivity index (χ1) is 15.0. The molecule has 0 aliphatic heterocycles. The minimum Gasteiger partial charge on any atom is -0.497 e. The van der Waals surface area contributed by atoms with Crippen LogP contribution in [0.5, 0.6) is 5.75 Å². The van der Waals surface area contributed by atoms with Gasteiger partial charge >= 0.3 is 0 Å². The molecule has 9 heteroatoms. The SMILES string of the molecule is COc1ccc2c(CCNC(=O)C(C)Sc3nnnn3-c3ccc(C)cc3)c[nH]c2c1. The van der Waals surface area contributed by atoms with E-state index in [1.807, 2.05) is 62.5 Å². The number of thioether (sulfide) groups is 1. The van der Waals surface area contributed by atoms with Crippen LogP contribution in [0.4, 0.5) is 0 Å². The van der Waals surface area contributed by atoms with Crippen LogP contribution in [0.3, 0.4) is 0 Å². The Balaban J connectivity index is 1.34. The lowest BCUT2D eigenvalue weighted by Crippen LogP contribution is -2.32. The lowest BCUT2D eigenvalue weighted by Gasteiger charge is -2.11. The summed E-state index contributed by atoms with van der Waals surface area (Å²) in [5.74, 6) is 0.762. The van der Waals surface area contributed by atoms with Crippen molar-refractivity contribution in [2.75, 3.05) is 13.7 Å². The van der Waals surface area contributed by atoms with Crippen molar-refractivity contribution in [3.05, 3.63) is 59.8 Å². The van der Waals surface area contributed by atoms with Gasteiger partial charge in [-0.25, -0.2) is 0 Å². The van der Waals surface area contributed by atoms with E-state index in [-0.39, 0.29) is 11.2 Å². The molecule has 0 radical (unpaired) electrons. The highest BCUT2D eigenvalue weighted by Crippen LogP contribution is 2.24. The number of nitrogens with one attached hydrogen (secondary N) is 2. The third-order valence-corrected chi connectivity index (χ3v) is 6.07. The molecule has 1 atom stereocenters. The Bertz CT molecular complexity index is 1180. The highest BCUT2D eigenvalue weighted by atomic mass is 32.2. The molecule has 2 heterocycles.